The van der Waals surface area contributed by atoms with Crippen molar-refractivity contribution in [3.8, 4) is 0 Å². The molecule has 1 atom stereocenters. The van der Waals surface area contributed by atoms with Crippen molar-refractivity contribution in [2.24, 2.45) is 0 Å². The van der Waals surface area contributed by atoms with Crippen molar-refractivity contribution in [3.63, 3.8) is 0 Å². The molecule has 7 heteroatoms. The normalized spacial score (nSPS) is 11.8. The molecule has 0 saturated heterocycles. The Bertz CT molecular complexity index is 510. The Morgan fingerprint density at radius 3 is 2.70 bits per heavy atom. The van der Waals surface area contributed by atoms with Crippen LogP contribution in [0, 0.1) is 0 Å². The number of aromatic carboxylic acids is 1. The molecule has 20 heavy (non-hydrogen) atoms. The fraction of sp³-hybridized carbons (Fsp3) is 0.385. The van der Waals surface area contributed by atoms with E-state index < -0.39 is 5.97 Å². The van der Waals surface area contributed by atoms with Crippen LogP contribution in [0.25, 0.3) is 0 Å². The minimum Gasteiger partial charge on any atom is -0.478 e. The first-order chi connectivity index (χ1) is 9.38. The second kappa shape index (κ2) is 7.40. The lowest BCUT2D eigenvalue weighted by atomic mass is 10.2. The summed E-state index contributed by atoms with van der Waals surface area (Å²) in [6.45, 7) is 1.92. The lowest BCUT2D eigenvalue weighted by molar-refractivity contribution is 0.0698. The second-order valence-corrected chi connectivity index (χ2v) is 5.63. The van der Waals surface area contributed by atoms with E-state index in [2.05, 4.69) is 5.32 Å². The Labute approximate surface area is 127 Å². The van der Waals surface area contributed by atoms with Gasteiger partial charge >= 0.3 is 12.0 Å². The van der Waals surface area contributed by atoms with Gasteiger partial charge in [0.2, 0.25) is 0 Å². The number of urea groups is 1. The number of benzene rings is 1. The van der Waals surface area contributed by atoms with E-state index in [-0.39, 0.29) is 28.3 Å². The fourth-order valence-electron chi connectivity index (χ4n) is 1.60. The van der Waals surface area contributed by atoms with Gasteiger partial charge in [-0.2, -0.15) is 11.8 Å². The zero-order valence-electron chi connectivity index (χ0n) is 11.5. The van der Waals surface area contributed by atoms with E-state index in [1.165, 1.54) is 17.0 Å². The van der Waals surface area contributed by atoms with Crippen molar-refractivity contribution in [2.45, 2.75) is 13.0 Å². The predicted molar refractivity (Wildman–Crippen MR) is 83.0 cm³/mol. The first-order valence-electron chi connectivity index (χ1n) is 5.93. The maximum absolute atomic E-state index is 12.1. The first kappa shape index (κ1) is 16.7. The lowest BCUT2D eigenvalue weighted by Crippen LogP contribution is -2.39. The maximum atomic E-state index is 12.1. The van der Waals surface area contributed by atoms with Crippen molar-refractivity contribution in [2.75, 3.05) is 24.4 Å². The van der Waals surface area contributed by atoms with Crippen LogP contribution in [0.3, 0.4) is 0 Å². The molecule has 0 fully saturated rings. The van der Waals surface area contributed by atoms with E-state index in [1.54, 1.807) is 24.9 Å². The molecule has 5 nitrogen and oxygen atoms in total. The van der Waals surface area contributed by atoms with Gasteiger partial charge in [0.1, 0.15) is 5.56 Å². The first-order valence-corrected chi connectivity index (χ1v) is 7.70. The number of carbonyl (C=O) groups excluding carboxylic acids is 1. The molecule has 0 spiro atoms. The molecule has 0 aliphatic carbocycles. The van der Waals surface area contributed by atoms with Gasteiger partial charge in [0.05, 0.1) is 10.7 Å². The Morgan fingerprint density at radius 1 is 1.50 bits per heavy atom. The van der Waals surface area contributed by atoms with E-state index in [4.69, 9.17) is 16.7 Å². The molecule has 2 N–H and O–H groups in total. The number of hydrogen-bond acceptors (Lipinski definition) is 3. The molecule has 0 radical (unpaired) electrons. The zero-order valence-corrected chi connectivity index (χ0v) is 13.1. The number of rotatable bonds is 5. The summed E-state index contributed by atoms with van der Waals surface area (Å²) < 4.78 is 0. The van der Waals surface area contributed by atoms with E-state index in [0.29, 0.717) is 0 Å². The van der Waals surface area contributed by atoms with E-state index in [9.17, 15) is 9.59 Å². The largest absolute Gasteiger partial charge is 0.478 e. The number of carboxylic acids is 1. The second-order valence-electron chi connectivity index (χ2n) is 4.31. The Kier molecular flexibility index (Phi) is 6.16. The molecule has 1 unspecified atom stereocenters. The monoisotopic (exact) mass is 316 g/mol. The van der Waals surface area contributed by atoms with Gasteiger partial charge < -0.3 is 15.3 Å². The molecule has 110 valence electrons. The molecule has 0 aliphatic heterocycles. The van der Waals surface area contributed by atoms with Gasteiger partial charge in [-0.3, -0.25) is 0 Å². The van der Waals surface area contributed by atoms with Crippen molar-refractivity contribution in [1.82, 2.24) is 4.90 Å². The molecule has 1 rings (SSSR count). The van der Waals surface area contributed by atoms with E-state index >= 15 is 0 Å². The van der Waals surface area contributed by atoms with E-state index in [0.717, 1.165) is 5.75 Å². The standard InChI is InChI=1S/C13H17ClN2O3S/c1-8(7-20-3)16(2)13(19)15-10-6-4-5-9(14)11(10)12(17)18/h4-6,8H,7H2,1-3H3,(H,15,19)(H,17,18). The minimum absolute atomic E-state index is 0.0393. The number of nitrogens with one attached hydrogen (secondary N) is 1. The van der Waals surface area contributed by atoms with Crippen LogP contribution in [0.1, 0.15) is 17.3 Å². The lowest BCUT2D eigenvalue weighted by Gasteiger charge is -2.25. The number of hydrogen-bond donors (Lipinski definition) is 2. The van der Waals surface area contributed by atoms with Crippen LogP contribution in [0.4, 0.5) is 10.5 Å². The molecule has 0 heterocycles. The summed E-state index contributed by atoms with van der Waals surface area (Å²) in [6.07, 6.45) is 1.96. The summed E-state index contributed by atoms with van der Waals surface area (Å²) in [7, 11) is 1.67. The van der Waals surface area contributed by atoms with Gasteiger partial charge in [0.15, 0.2) is 0 Å². The number of nitrogens with zero attached hydrogens (tertiary/aromatic N) is 1. The highest BCUT2D eigenvalue weighted by atomic mass is 35.5. The number of carbonyl (C=O) groups is 2. The Balaban J connectivity index is 2.91. The Hall–Kier alpha value is -1.40. The SMILES string of the molecule is CSCC(C)N(C)C(=O)Nc1cccc(Cl)c1C(=O)O. The molecular formula is C13H17ClN2O3S. The third-order valence-electron chi connectivity index (χ3n) is 2.86. The molecule has 0 aromatic heterocycles. The molecule has 0 saturated carbocycles. The van der Waals surface area contributed by atoms with Crippen LogP contribution in [-0.4, -0.2) is 47.1 Å². The maximum Gasteiger partial charge on any atom is 0.339 e. The zero-order chi connectivity index (χ0) is 15.3. The van der Waals surface area contributed by atoms with Crippen LogP contribution in [-0.2, 0) is 0 Å². The van der Waals surface area contributed by atoms with Crippen LogP contribution >= 0.6 is 23.4 Å². The molecule has 1 aromatic carbocycles. The summed E-state index contributed by atoms with van der Waals surface area (Å²) in [6, 6.07) is 4.25. The van der Waals surface area contributed by atoms with Gasteiger partial charge in [-0.25, -0.2) is 9.59 Å². The molecule has 1 aromatic rings. The third kappa shape index (κ3) is 4.05. The molecule has 0 bridgehead atoms. The highest BCUT2D eigenvalue weighted by molar-refractivity contribution is 7.98. The number of carboxylic acid groups (broad SMARTS) is 1. The van der Waals surface area contributed by atoms with Gasteiger partial charge in [0, 0.05) is 18.8 Å². The van der Waals surface area contributed by atoms with E-state index in [1.807, 2.05) is 13.2 Å². The summed E-state index contributed by atoms with van der Waals surface area (Å²) in [5.41, 5.74) is 0.0895. The fourth-order valence-corrected chi connectivity index (χ4v) is 2.56. The predicted octanol–water partition coefficient (Wildman–Crippen LogP) is 3.25. The number of thioether (sulfide) groups is 1. The third-order valence-corrected chi connectivity index (χ3v) is 3.99. The summed E-state index contributed by atoms with van der Waals surface area (Å²) in [5.74, 6) is -0.378. The van der Waals surface area contributed by atoms with Crippen LogP contribution in [0.2, 0.25) is 5.02 Å². The van der Waals surface area contributed by atoms with Crippen LogP contribution in [0.15, 0.2) is 18.2 Å². The van der Waals surface area contributed by atoms with Crippen LogP contribution in [0.5, 0.6) is 0 Å². The van der Waals surface area contributed by atoms with Crippen molar-refractivity contribution in [1.29, 1.82) is 0 Å². The highest BCUT2D eigenvalue weighted by Crippen LogP contribution is 2.24. The van der Waals surface area contributed by atoms with Crippen molar-refractivity contribution in [3.05, 3.63) is 28.8 Å². The smallest absolute Gasteiger partial charge is 0.339 e. The summed E-state index contributed by atoms with van der Waals surface area (Å²) >= 11 is 7.49. The Morgan fingerprint density at radius 2 is 2.15 bits per heavy atom. The molecule has 0 aliphatic rings. The topological polar surface area (TPSA) is 69.6 Å². The van der Waals surface area contributed by atoms with Gasteiger partial charge in [-0.05, 0) is 25.3 Å². The van der Waals surface area contributed by atoms with Crippen molar-refractivity contribution >= 4 is 41.1 Å². The van der Waals surface area contributed by atoms with Crippen LogP contribution < -0.4 is 5.32 Å². The number of halogens is 1. The summed E-state index contributed by atoms with van der Waals surface area (Å²) in [5, 5.41) is 11.8. The quantitative estimate of drug-likeness (QED) is 0.875. The molecular weight excluding hydrogens is 300 g/mol. The van der Waals surface area contributed by atoms with Gasteiger partial charge in [0.25, 0.3) is 0 Å². The number of amides is 2. The average molecular weight is 317 g/mol. The highest BCUT2D eigenvalue weighted by Gasteiger charge is 2.19. The molecule has 2 amide bonds. The van der Waals surface area contributed by atoms with Gasteiger partial charge in [-0.15, -0.1) is 0 Å². The minimum atomic E-state index is -1.18. The van der Waals surface area contributed by atoms with Gasteiger partial charge in [-0.1, -0.05) is 17.7 Å². The van der Waals surface area contributed by atoms with Crippen molar-refractivity contribution < 1.29 is 14.7 Å². The summed E-state index contributed by atoms with van der Waals surface area (Å²) in [4.78, 5) is 24.8. The average Bonchev–Trinajstić information content (AvgIpc) is 2.37. The number of anilines is 1.